The monoisotopic (exact) mass is 247 g/mol. The van der Waals surface area contributed by atoms with Gasteiger partial charge in [0.1, 0.15) is 0 Å². The number of hydrogen-bond acceptors (Lipinski definition) is 3. The van der Waals surface area contributed by atoms with Crippen LogP contribution in [0.2, 0.25) is 0 Å². The minimum atomic E-state index is 0.268. The molecule has 0 aliphatic carbocycles. The maximum atomic E-state index is 5.90. The Bertz CT molecular complexity index is 381. The Kier molecular flexibility index (Phi) is 3.64. The van der Waals surface area contributed by atoms with E-state index in [0.29, 0.717) is 24.9 Å². The van der Waals surface area contributed by atoms with Crippen molar-refractivity contribution < 1.29 is 9.47 Å². The Morgan fingerprint density at radius 1 is 1.33 bits per heavy atom. The average Bonchev–Trinajstić information content (AvgIpc) is 3.01. The summed E-state index contributed by atoms with van der Waals surface area (Å²) in [4.78, 5) is 0. The van der Waals surface area contributed by atoms with Gasteiger partial charge in [0.2, 0.25) is 0 Å². The van der Waals surface area contributed by atoms with Crippen LogP contribution in [0.3, 0.4) is 0 Å². The number of methoxy groups -OCH3 is 1. The van der Waals surface area contributed by atoms with E-state index in [1.807, 2.05) is 6.07 Å². The minimum absolute atomic E-state index is 0.268. The first-order chi connectivity index (χ1) is 8.86. The second-order valence-electron chi connectivity index (χ2n) is 5.30. The number of hydrogen-bond donors (Lipinski definition) is 1. The van der Waals surface area contributed by atoms with Crippen LogP contribution < -0.4 is 5.32 Å². The molecule has 0 radical (unpaired) electrons. The number of ether oxygens (including phenoxy) is 2. The van der Waals surface area contributed by atoms with Gasteiger partial charge in [-0.05, 0) is 24.8 Å². The van der Waals surface area contributed by atoms with Crippen LogP contribution in [0.4, 0.5) is 0 Å². The summed E-state index contributed by atoms with van der Waals surface area (Å²) in [6, 6.07) is 11.3. The molecule has 0 aromatic heterocycles. The van der Waals surface area contributed by atoms with Crippen molar-refractivity contribution in [1.29, 1.82) is 0 Å². The fourth-order valence-electron chi connectivity index (χ4n) is 3.16. The van der Waals surface area contributed by atoms with Gasteiger partial charge in [0, 0.05) is 13.2 Å². The Hall–Kier alpha value is -0.900. The van der Waals surface area contributed by atoms with Crippen molar-refractivity contribution in [1.82, 2.24) is 5.32 Å². The average molecular weight is 247 g/mol. The van der Waals surface area contributed by atoms with E-state index < -0.39 is 0 Å². The molecule has 2 bridgehead atoms. The van der Waals surface area contributed by atoms with Gasteiger partial charge in [-0.25, -0.2) is 0 Å². The van der Waals surface area contributed by atoms with Crippen molar-refractivity contribution in [3.05, 3.63) is 35.9 Å². The van der Waals surface area contributed by atoms with Crippen molar-refractivity contribution in [3.63, 3.8) is 0 Å². The highest BCUT2D eigenvalue weighted by molar-refractivity contribution is 5.19. The molecular formula is C15H21NO2. The quantitative estimate of drug-likeness (QED) is 0.866. The van der Waals surface area contributed by atoms with Crippen LogP contribution in [0.25, 0.3) is 0 Å². The van der Waals surface area contributed by atoms with Crippen molar-refractivity contribution >= 4 is 0 Å². The first-order valence-corrected chi connectivity index (χ1v) is 6.82. The van der Waals surface area contributed by atoms with Crippen LogP contribution in [0.5, 0.6) is 0 Å². The number of fused-ring (bicyclic) bond motifs is 2. The van der Waals surface area contributed by atoms with Crippen LogP contribution in [-0.2, 0) is 9.47 Å². The molecule has 1 aromatic rings. The van der Waals surface area contributed by atoms with Gasteiger partial charge in [-0.3, -0.25) is 0 Å². The molecule has 2 fully saturated rings. The van der Waals surface area contributed by atoms with E-state index in [1.165, 1.54) is 18.4 Å². The SMILES string of the molecule is COCC(NC1CC2CCC1O2)c1ccccc1. The first-order valence-electron chi connectivity index (χ1n) is 6.82. The topological polar surface area (TPSA) is 30.5 Å². The molecule has 2 heterocycles. The predicted octanol–water partition coefficient (Wildman–Crippen LogP) is 2.28. The van der Waals surface area contributed by atoms with E-state index in [0.717, 1.165) is 6.42 Å². The van der Waals surface area contributed by atoms with E-state index >= 15 is 0 Å². The third-order valence-electron chi connectivity index (χ3n) is 4.06. The summed E-state index contributed by atoms with van der Waals surface area (Å²) in [5.41, 5.74) is 1.29. The molecule has 4 atom stereocenters. The molecular weight excluding hydrogens is 226 g/mol. The molecule has 2 saturated heterocycles. The molecule has 3 rings (SSSR count). The number of nitrogens with one attached hydrogen (secondary N) is 1. The Balaban J connectivity index is 1.67. The van der Waals surface area contributed by atoms with Crippen LogP contribution in [0, 0.1) is 0 Å². The molecule has 0 amide bonds. The lowest BCUT2D eigenvalue weighted by molar-refractivity contribution is 0.0919. The van der Waals surface area contributed by atoms with E-state index in [-0.39, 0.29) is 6.04 Å². The van der Waals surface area contributed by atoms with Gasteiger partial charge >= 0.3 is 0 Å². The van der Waals surface area contributed by atoms with Gasteiger partial charge in [-0.15, -0.1) is 0 Å². The maximum Gasteiger partial charge on any atom is 0.0733 e. The standard InChI is InChI=1S/C15H21NO2/c1-17-10-14(11-5-3-2-4-6-11)16-13-9-12-7-8-15(13)18-12/h2-6,12-16H,7-10H2,1H3. The second kappa shape index (κ2) is 5.39. The molecule has 3 nitrogen and oxygen atoms in total. The Morgan fingerprint density at radius 3 is 2.78 bits per heavy atom. The molecule has 2 aliphatic heterocycles. The smallest absolute Gasteiger partial charge is 0.0733 e. The molecule has 3 heteroatoms. The lowest BCUT2D eigenvalue weighted by atomic mass is 9.94. The van der Waals surface area contributed by atoms with Crippen molar-refractivity contribution in [2.45, 2.75) is 43.6 Å². The highest BCUT2D eigenvalue weighted by Crippen LogP contribution is 2.35. The van der Waals surface area contributed by atoms with E-state index in [1.54, 1.807) is 7.11 Å². The Labute approximate surface area is 108 Å². The van der Waals surface area contributed by atoms with E-state index in [4.69, 9.17) is 9.47 Å². The lowest BCUT2D eigenvalue weighted by Gasteiger charge is -2.26. The van der Waals surface area contributed by atoms with Crippen LogP contribution in [0.15, 0.2) is 30.3 Å². The number of rotatable bonds is 5. The van der Waals surface area contributed by atoms with Gasteiger partial charge in [-0.2, -0.15) is 0 Å². The molecule has 0 spiro atoms. The van der Waals surface area contributed by atoms with Crippen LogP contribution in [-0.4, -0.2) is 32.0 Å². The number of benzene rings is 1. The summed E-state index contributed by atoms with van der Waals surface area (Å²) < 4.78 is 11.2. The van der Waals surface area contributed by atoms with Gasteiger partial charge in [0.05, 0.1) is 24.9 Å². The summed E-state index contributed by atoms with van der Waals surface area (Å²) in [5.74, 6) is 0. The summed E-state index contributed by atoms with van der Waals surface area (Å²) in [6.45, 7) is 0.706. The van der Waals surface area contributed by atoms with Crippen LogP contribution >= 0.6 is 0 Å². The zero-order valence-corrected chi connectivity index (χ0v) is 10.8. The molecule has 0 saturated carbocycles. The highest BCUT2D eigenvalue weighted by atomic mass is 16.5. The summed E-state index contributed by atoms with van der Waals surface area (Å²) in [6.07, 6.45) is 4.50. The molecule has 98 valence electrons. The minimum Gasteiger partial charge on any atom is -0.383 e. The summed E-state index contributed by atoms with van der Waals surface area (Å²) >= 11 is 0. The van der Waals surface area contributed by atoms with Crippen LogP contribution in [0.1, 0.15) is 30.9 Å². The molecule has 4 unspecified atom stereocenters. The zero-order chi connectivity index (χ0) is 12.4. The van der Waals surface area contributed by atoms with Crippen molar-refractivity contribution in [2.24, 2.45) is 0 Å². The van der Waals surface area contributed by atoms with E-state index in [2.05, 4.69) is 29.6 Å². The van der Waals surface area contributed by atoms with Crippen molar-refractivity contribution in [3.8, 4) is 0 Å². The van der Waals surface area contributed by atoms with E-state index in [9.17, 15) is 0 Å². The Morgan fingerprint density at radius 2 is 2.17 bits per heavy atom. The van der Waals surface area contributed by atoms with Crippen molar-refractivity contribution in [2.75, 3.05) is 13.7 Å². The lowest BCUT2D eigenvalue weighted by Crippen LogP contribution is -2.41. The fourth-order valence-corrected chi connectivity index (χ4v) is 3.16. The summed E-state index contributed by atoms with van der Waals surface area (Å²) in [7, 11) is 1.76. The van der Waals surface area contributed by atoms with Gasteiger partial charge in [0.25, 0.3) is 0 Å². The third-order valence-corrected chi connectivity index (χ3v) is 4.06. The summed E-state index contributed by atoms with van der Waals surface area (Å²) in [5, 5.41) is 3.71. The second-order valence-corrected chi connectivity index (χ2v) is 5.30. The zero-order valence-electron chi connectivity index (χ0n) is 10.8. The normalized spacial score (nSPS) is 31.7. The molecule has 1 N–H and O–H groups in total. The third kappa shape index (κ3) is 2.44. The fraction of sp³-hybridized carbons (Fsp3) is 0.600. The van der Waals surface area contributed by atoms with Gasteiger partial charge in [-0.1, -0.05) is 30.3 Å². The predicted molar refractivity (Wildman–Crippen MR) is 70.5 cm³/mol. The highest BCUT2D eigenvalue weighted by Gasteiger charge is 2.41. The van der Waals surface area contributed by atoms with Gasteiger partial charge in [0.15, 0.2) is 0 Å². The molecule has 18 heavy (non-hydrogen) atoms. The molecule has 1 aromatic carbocycles. The largest absolute Gasteiger partial charge is 0.383 e. The first kappa shape index (κ1) is 12.2. The maximum absolute atomic E-state index is 5.90. The van der Waals surface area contributed by atoms with Gasteiger partial charge < -0.3 is 14.8 Å². The molecule has 2 aliphatic rings.